The second-order valence-electron chi connectivity index (χ2n) is 7.37. The Morgan fingerprint density at radius 2 is 1.76 bits per heavy atom. The molecule has 0 spiro atoms. The average molecular weight is 355 g/mol. The van der Waals surface area contributed by atoms with Gasteiger partial charge < -0.3 is 9.31 Å². The summed E-state index contributed by atoms with van der Waals surface area (Å²) in [5.74, 6) is -0.262. The third kappa shape index (κ3) is 2.69. The lowest BCUT2D eigenvalue weighted by molar-refractivity contribution is 0.00578. The van der Waals surface area contributed by atoms with Crippen molar-refractivity contribution in [3.05, 3.63) is 48.4 Å². The fourth-order valence-electron chi connectivity index (χ4n) is 3.06. The van der Waals surface area contributed by atoms with Crippen molar-refractivity contribution >= 4 is 34.2 Å². The highest BCUT2D eigenvalue weighted by molar-refractivity contribution is 7.15. The average Bonchev–Trinajstić information content (AvgIpc) is 3.08. The van der Waals surface area contributed by atoms with Gasteiger partial charge >= 0.3 is 7.12 Å². The van der Waals surface area contributed by atoms with Crippen LogP contribution in [0.3, 0.4) is 0 Å². The predicted octanol–water partition coefficient (Wildman–Crippen LogP) is 4.40. The lowest BCUT2D eigenvalue weighted by Crippen LogP contribution is -2.41. The van der Waals surface area contributed by atoms with Crippen molar-refractivity contribution in [3.63, 3.8) is 0 Å². The highest BCUT2D eigenvalue weighted by Gasteiger charge is 2.52. The normalized spacial score (nSPS) is 18.8. The van der Waals surface area contributed by atoms with E-state index < -0.39 is 18.3 Å². The van der Waals surface area contributed by atoms with E-state index in [0.29, 0.717) is 0 Å². The molecule has 6 heteroatoms. The summed E-state index contributed by atoms with van der Waals surface area (Å²) in [4.78, 5) is 0. The first-order valence-corrected chi connectivity index (χ1v) is 9.05. The molecule has 128 valence electrons. The van der Waals surface area contributed by atoms with Gasteiger partial charge in [0.1, 0.15) is 5.82 Å². The standard InChI is InChI=1S/C19H19BFNO2S/c1-18(2)19(3,4)24-20(23-18)16-15(12-6-5-7-14(21)10-12)9-8-13-11-22-25-17(13)16/h5-11H,1-4H3. The molecule has 25 heavy (non-hydrogen) atoms. The molecule has 0 atom stereocenters. The van der Waals surface area contributed by atoms with Gasteiger partial charge in [0, 0.05) is 17.0 Å². The molecule has 2 aromatic carbocycles. The monoisotopic (exact) mass is 355 g/mol. The fourth-order valence-corrected chi connectivity index (χ4v) is 3.86. The van der Waals surface area contributed by atoms with E-state index in [-0.39, 0.29) is 5.82 Å². The summed E-state index contributed by atoms with van der Waals surface area (Å²) in [5, 5.41) is 1.04. The van der Waals surface area contributed by atoms with Crippen molar-refractivity contribution in [2.45, 2.75) is 38.9 Å². The van der Waals surface area contributed by atoms with Crippen LogP contribution in [0.1, 0.15) is 27.7 Å². The van der Waals surface area contributed by atoms with Gasteiger partial charge in [-0.3, -0.25) is 0 Å². The van der Waals surface area contributed by atoms with E-state index in [9.17, 15) is 4.39 Å². The van der Waals surface area contributed by atoms with Crippen LogP contribution in [0.2, 0.25) is 0 Å². The minimum atomic E-state index is -0.521. The van der Waals surface area contributed by atoms with Gasteiger partial charge in [-0.1, -0.05) is 24.3 Å². The zero-order valence-corrected chi connectivity index (χ0v) is 15.5. The second kappa shape index (κ2) is 5.63. The first-order valence-electron chi connectivity index (χ1n) is 8.27. The van der Waals surface area contributed by atoms with Crippen molar-refractivity contribution in [2.24, 2.45) is 0 Å². The quantitative estimate of drug-likeness (QED) is 0.639. The first kappa shape index (κ1) is 16.7. The molecule has 3 aromatic rings. The van der Waals surface area contributed by atoms with Crippen molar-refractivity contribution in [1.82, 2.24) is 4.37 Å². The third-order valence-electron chi connectivity index (χ3n) is 5.19. The van der Waals surface area contributed by atoms with Gasteiger partial charge in [0.25, 0.3) is 0 Å². The number of aromatic nitrogens is 1. The van der Waals surface area contributed by atoms with Gasteiger partial charge in [-0.05, 0) is 62.5 Å². The number of nitrogens with zero attached hydrogens (tertiary/aromatic N) is 1. The van der Waals surface area contributed by atoms with Gasteiger partial charge in [-0.15, -0.1) is 0 Å². The van der Waals surface area contributed by atoms with E-state index in [1.807, 2.05) is 52.1 Å². The first-order chi connectivity index (χ1) is 11.8. The Labute approximate surface area is 151 Å². The zero-order valence-electron chi connectivity index (χ0n) is 14.7. The van der Waals surface area contributed by atoms with E-state index in [1.54, 1.807) is 6.07 Å². The molecule has 1 aliphatic heterocycles. The largest absolute Gasteiger partial charge is 0.497 e. The molecule has 0 bridgehead atoms. The van der Waals surface area contributed by atoms with Crippen LogP contribution in [0.15, 0.2) is 42.6 Å². The minimum Gasteiger partial charge on any atom is -0.399 e. The van der Waals surface area contributed by atoms with Crippen LogP contribution in [-0.2, 0) is 9.31 Å². The molecule has 1 saturated heterocycles. The number of fused-ring (bicyclic) bond motifs is 1. The minimum absolute atomic E-state index is 0.262. The maximum Gasteiger partial charge on any atom is 0.497 e. The Kier molecular flexibility index (Phi) is 3.76. The Morgan fingerprint density at radius 3 is 2.44 bits per heavy atom. The van der Waals surface area contributed by atoms with Crippen LogP contribution in [-0.4, -0.2) is 22.7 Å². The van der Waals surface area contributed by atoms with E-state index >= 15 is 0 Å². The molecule has 0 saturated carbocycles. The number of halogens is 1. The van der Waals surface area contributed by atoms with Gasteiger partial charge in [0.15, 0.2) is 0 Å². The van der Waals surface area contributed by atoms with Crippen LogP contribution in [0, 0.1) is 5.82 Å². The summed E-state index contributed by atoms with van der Waals surface area (Å²) >= 11 is 1.41. The number of hydrogen-bond acceptors (Lipinski definition) is 4. The molecular weight excluding hydrogens is 336 g/mol. The van der Waals surface area contributed by atoms with Gasteiger partial charge in [-0.2, -0.15) is 4.37 Å². The zero-order chi connectivity index (χ0) is 17.8. The molecule has 0 unspecified atom stereocenters. The number of hydrogen-bond donors (Lipinski definition) is 0. The highest BCUT2D eigenvalue weighted by Crippen LogP contribution is 2.38. The van der Waals surface area contributed by atoms with Gasteiger partial charge in [-0.25, -0.2) is 4.39 Å². The highest BCUT2D eigenvalue weighted by atomic mass is 32.1. The van der Waals surface area contributed by atoms with Crippen LogP contribution in [0.25, 0.3) is 21.2 Å². The maximum absolute atomic E-state index is 13.8. The van der Waals surface area contributed by atoms with Crippen molar-refractivity contribution in [1.29, 1.82) is 0 Å². The van der Waals surface area contributed by atoms with Crippen LogP contribution < -0.4 is 5.46 Å². The van der Waals surface area contributed by atoms with Crippen LogP contribution in [0.5, 0.6) is 0 Å². The molecule has 0 N–H and O–H groups in total. The second-order valence-corrected chi connectivity index (χ2v) is 8.17. The van der Waals surface area contributed by atoms with E-state index in [1.165, 1.54) is 23.7 Å². The molecule has 0 amide bonds. The molecule has 4 rings (SSSR count). The summed E-state index contributed by atoms with van der Waals surface area (Å²) in [7, 11) is -0.521. The Bertz CT molecular complexity index is 938. The van der Waals surface area contributed by atoms with Crippen LogP contribution in [0.4, 0.5) is 4.39 Å². The number of benzene rings is 2. The Morgan fingerprint density at radius 1 is 1.04 bits per heavy atom. The summed E-state index contributed by atoms with van der Waals surface area (Å²) in [6, 6.07) is 10.6. The molecule has 2 heterocycles. The van der Waals surface area contributed by atoms with E-state index in [0.717, 1.165) is 26.7 Å². The fraction of sp³-hybridized carbons (Fsp3) is 0.316. The molecule has 3 nitrogen and oxygen atoms in total. The van der Waals surface area contributed by atoms with Gasteiger partial charge in [0.05, 0.1) is 15.9 Å². The summed E-state index contributed by atoms with van der Waals surface area (Å²) in [5.41, 5.74) is 1.76. The van der Waals surface area contributed by atoms with Crippen LogP contribution >= 0.6 is 11.5 Å². The van der Waals surface area contributed by atoms with Crippen molar-refractivity contribution in [2.75, 3.05) is 0 Å². The van der Waals surface area contributed by atoms with Crippen molar-refractivity contribution in [3.8, 4) is 11.1 Å². The lowest BCUT2D eigenvalue weighted by Gasteiger charge is -2.32. The maximum atomic E-state index is 13.8. The molecule has 1 aromatic heterocycles. The smallest absolute Gasteiger partial charge is 0.399 e. The summed E-state index contributed by atoms with van der Waals surface area (Å²) < 4.78 is 31.7. The van der Waals surface area contributed by atoms with E-state index in [4.69, 9.17) is 9.31 Å². The SMILES string of the molecule is CC1(C)OB(c2c(-c3cccc(F)c3)ccc3cnsc23)OC1(C)C. The lowest BCUT2D eigenvalue weighted by atomic mass is 9.74. The molecule has 1 aliphatic rings. The summed E-state index contributed by atoms with van der Waals surface area (Å²) in [6.45, 7) is 8.12. The molecule has 0 radical (unpaired) electrons. The topological polar surface area (TPSA) is 31.4 Å². The third-order valence-corrected chi connectivity index (χ3v) is 6.04. The Hall–Kier alpha value is -1.76. The molecule has 0 aliphatic carbocycles. The molecule has 1 fully saturated rings. The summed E-state index contributed by atoms with van der Waals surface area (Å²) in [6.07, 6.45) is 1.84. The number of rotatable bonds is 2. The Balaban J connectivity index is 1.93. The predicted molar refractivity (Wildman–Crippen MR) is 101 cm³/mol. The van der Waals surface area contributed by atoms with Gasteiger partial charge in [0.2, 0.25) is 0 Å². The van der Waals surface area contributed by atoms with Crippen molar-refractivity contribution < 1.29 is 13.7 Å². The molecular formula is C19H19BFNO2S. The van der Waals surface area contributed by atoms with E-state index in [2.05, 4.69) is 4.37 Å².